The number of benzene rings is 7. The molecule has 0 fully saturated rings. The van der Waals surface area contributed by atoms with Crippen LogP contribution in [0.1, 0.15) is 38.9 Å². The number of halogens is 3. The van der Waals surface area contributed by atoms with Gasteiger partial charge in [-0.05, 0) is 62.2 Å². The van der Waals surface area contributed by atoms with E-state index in [-0.39, 0.29) is 5.75 Å². The Morgan fingerprint density at radius 1 is 0.537 bits per heavy atom. The summed E-state index contributed by atoms with van der Waals surface area (Å²) in [5.74, 6) is 0.652. The van der Waals surface area contributed by atoms with Gasteiger partial charge in [-0.25, -0.2) is 4.99 Å². The summed E-state index contributed by atoms with van der Waals surface area (Å²) in [6.07, 6.45) is -4.75. The molecular formula is C47H34F3N3O. The molecule has 0 bridgehead atoms. The molecule has 0 amide bonds. The van der Waals surface area contributed by atoms with E-state index in [4.69, 9.17) is 15.7 Å². The second-order valence-electron chi connectivity index (χ2n) is 13.1. The van der Waals surface area contributed by atoms with E-state index in [0.717, 1.165) is 61.2 Å². The van der Waals surface area contributed by atoms with E-state index < -0.39 is 11.8 Å². The molecule has 1 aliphatic carbocycles. The zero-order valence-electron chi connectivity index (χ0n) is 29.0. The van der Waals surface area contributed by atoms with Gasteiger partial charge >= 0.3 is 6.36 Å². The van der Waals surface area contributed by atoms with Crippen molar-refractivity contribution in [1.82, 2.24) is 0 Å². The summed E-state index contributed by atoms with van der Waals surface area (Å²) in [5.41, 5.74) is 17.2. The van der Waals surface area contributed by atoms with Crippen LogP contribution < -0.4 is 10.5 Å². The van der Waals surface area contributed by atoms with Crippen molar-refractivity contribution in [1.29, 1.82) is 0 Å². The monoisotopic (exact) mass is 713 g/mol. The first-order chi connectivity index (χ1) is 26.3. The predicted octanol–water partition coefficient (Wildman–Crippen LogP) is 11.0. The lowest BCUT2D eigenvalue weighted by Gasteiger charge is -2.34. The van der Waals surface area contributed by atoms with E-state index >= 15 is 0 Å². The molecule has 0 saturated carbocycles. The Balaban J connectivity index is 1.19. The Labute approximate surface area is 311 Å². The number of nitrogens with zero attached hydrogens (tertiary/aromatic N) is 2. The summed E-state index contributed by atoms with van der Waals surface area (Å²) >= 11 is 0. The van der Waals surface area contributed by atoms with E-state index in [2.05, 4.69) is 77.5 Å². The van der Waals surface area contributed by atoms with Crippen LogP contribution in [0.3, 0.4) is 0 Å². The topological polar surface area (TPSA) is 60.0 Å². The van der Waals surface area contributed by atoms with Crippen LogP contribution >= 0.6 is 0 Å². The lowest BCUT2D eigenvalue weighted by molar-refractivity contribution is -0.274. The van der Waals surface area contributed by atoms with Gasteiger partial charge in [0.25, 0.3) is 0 Å². The van der Waals surface area contributed by atoms with E-state index in [1.807, 2.05) is 84.9 Å². The average Bonchev–Trinajstić information content (AvgIpc) is 3.51. The SMILES string of the molecule is NC(=NC(=NCc1ccccc1)c1ccccc1)c1ccc(C2(c3ccc(-c4ccc(OC(F)(F)F)cc4)cc3)c3ccccc3-c3ccccc32)cc1. The van der Waals surface area contributed by atoms with Crippen molar-refractivity contribution in [2.75, 3.05) is 0 Å². The lowest BCUT2D eigenvalue weighted by Crippen LogP contribution is -2.28. The Kier molecular flexibility index (Phi) is 9.14. The molecule has 7 heteroatoms. The zero-order valence-corrected chi connectivity index (χ0v) is 29.0. The Hall–Kier alpha value is -6.73. The van der Waals surface area contributed by atoms with Crippen LogP contribution in [0.15, 0.2) is 192 Å². The van der Waals surface area contributed by atoms with Crippen molar-refractivity contribution >= 4 is 11.7 Å². The molecule has 8 rings (SSSR count). The second-order valence-corrected chi connectivity index (χ2v) is 13.1. The third kappa shape index (κ3) is 6.68. The van der Waals surface area contributed by atoms with Crippen molar-refractivity contribution in [2.24, 2.45) is 15.7 Å². The molecule has 4 nitrogen and oxygen atoms in total. The van der Waals surface area contributed by atoms with Gasteiger partial charge in [-0.2, -0.15) is 0 Å². The summed E-state index contributed by atoms with van der Waals surface area (Å²) < 4.78 is 42.4. The molecule has 1 aliphatic rings. The Morgan fingerprint density at radius 3 is 1.57 bits per heavy atom. The quantitative estimate of drug-likeness (QED) is 0.126. The first-order valence-corrected chi connectivity index (χ1v) is 17.5. The number of aliphatic imine (C=N–C) groups is 2. The van der Waals surface area contributed by atoms with E-state index in [1.54, 1.807) is 12.1 Å². The lowest BCUT2D eigenvalue weighted by atomic mass is 9.67. The van der Waals surface area contributed by atoms with Crippen molar-refractivity contribution in [2.45, 2.75) is 18.3 Å². The van der Waals surface area contributed by atoms with Crippen LogP contribution in [0.2, 0.25) is 0 Å². The highest BCUT2D eigenvalue weighted by molar-refractivity contribution is 6.11. The number of hydrogen-bond acceptors (Lipinski definition) is 2. The molecule has 0 unspecified atom stereocenters. The van der Waals surface area contributed by atoms with Crippen LogP contribution in [0, 0.1) is 0 Å². The van der Waals surface area contributed by atoms with Crippen LogP contribution in [0.5, 0.6) is 5.75 Å². The second kappa shape index (κ2) is 14.4. The zero-order chi connectivity index (χ0) is 37.1. The number of nitrogens with two attached hydrogens (primary N) is 1. The largest absolute Gasteiger partial charge is 0.573 e. The molecule has 0 saturated heterocycles. The van der Waals surface area contributed by atoms with Gasteiger partial charge in [0.05, 0.1) is 12.0 Å². The van der Waals surface area contributed by atoms with Crippen LogP contribution in [-0.4, -0.2) is 18.0 Å². The third-order valence-corrected chi connectivity index (χ3v) is 9.82. The number of fused-ring (bicyclic) bond motifs is 3. The normalized spacial score (nSPS) is 13.6. The molecule has 7 aromatic carbocycles. The molecule has 2 N–H and O–H groups in total. The van der Waals surface area contributed by atoms with Crippen LogP contribution in [-0.2, 0) is 12.0 Å². The highest BCUT2D eigenvalue weighted by Gasteiger charge is 2.45. The maximum Gasteiger partial charge on any atom is 0.573 e. The maximum atomic E-state index is 12.8. The minimum Gasteiger partial charge on any atom is -0.406 e. The van der Waals surface area contributed by atoms with Gasteiger partial charge in [-0.1, -0.05) is 170 Å². The molecule has 54 heavy (non-hydrogen) atoms. The average molecular weight is 714 g/mol. The van der Waals surface area contributed by atoms with Crippen molar-refractivity contribution < 1.29 is 17.9 Å². The molecule has 0 aliphatic heterocycles. The molecule has 264 valence electrons. The van der Waals surface area contributed by atoms with Gasteiger partial charge in [0.1, 0.15) is 11.6 Å². The Bertz CT molecular complexity index is 2410. The fourth-order valence-electron chi connectivity index (χ4n) is 7.38. The number of amidine groups is 2. The molecule has 0 heterocycles. The highest BCUT2D eigenvalue weighted by Crippen LogP contribution is 2.56. The number of alkyl halides is 3. The molecule has 0 aromatic heterocycles. The standard InChI is InChI=1S/C47H34F3N3O/c48-47(49,50)54-39-29-23-34(24-30-39)33-19-25-37(26-20-33)46(42-17-9-7-15-40(42)41-16-8-10-18-43(41)46)38-27-21-35(22-28-38)44(51)53-45(36-13-5-2-6-14-36)52-31-32-11-3-1-4-12-32/h1-30H,31H2,(H2,51,52,53). The summed E-state index contributed by atoms with van der Waals surface area (Å²) in [7, 11) is 0. The van der Waals surface area contributed by atoms with E-state index in [0.29, 0.717) is 18.2 Å². The number of ether oxygens (including phenoxy) is 1. The van der Waals surface area contributed by atoms with Gasteiger partial charge in [0.2, 0.25) is 0 Å². The fraction of sp³-hybridized carbons (Fsp3) is 0.0638. The van der Waals surface area contributed by atoms with Crippen molar-refractivity contribution in [3.8, 4) is 28.0 Å². The van der Waals surface area contributed by atoms with Gasteiger partial charge < -0.3 is 10.5 Å². The molecule has 0 atom stereocenters. The first kappa shape index (κ1) is 34.4. The van der Waals surface area contributed by atoms with E-state index in [9.17, 15) is 13.2 Å². The van der Waals surface area contributed by atoms with Gasteiger partial charge in [-0.3, -0.25) is 4.99 Å². The number of hydrogen-bond donors (Lipinski definition) is 1. The third-order valence-electron chi connectivity index (χ3n) is 9.82. The molecule has 7 aromatic rings. The molecular weight excluding hydrogens is 680 g/mol. The first-order valence-electron chi connectivity index (χ1n) is 17.5. The summed E-state index contributed by atoms with van der Waals surface area (Å²) in [6.45, 7) is 0.471. The fourth-order valence-corrected chi connectivity index (χ4v) is 7.38. The molecule has 0 radical (unpaired) electrons. The van der Waals surface area contributed by atoms with Gasteiger partial charge in [0, 0.05) is 11.1 Å². The predicted molar refractivity (Wildman–Crippen MR) is 210 cm³/mol. The van der Waals surface area contributed by atoms with Gasteiger partial charge in [-0.15, -0.1) is 13.2 Å². The molecule has 0 spiro atoms. The summed E-state index contributed by atoms with van der Waals surface area (Å²) in [5, 5.41) is 0. The Morgan fingerprint density at radius 2 is 1.02 bits per heavy atom. The van der Waals surface area contributed by atoms with E-state index in [1.165, 1.54) is 12.1 Å². The summed E-state index contributed by atoms with van der Waals surface area (Å²) in [4.78, 5) is 9.70. The maximum absolute atomic E-state index is 12.8. The van der Waals surface area contributed by atoms with Gasteiger partial charge in [0.15, 0.2) is 5.84 Å². The van der Waals surface area contributed by atoms with Crippen molar-refractivity contribution in [3.63, 3.8) is 0 Å². The number of rotatable bonds is 8. The minimum atomic E-state index is -4.75. The van der Waals surface area contributed by atoms with Crippen LogP contribution in [0.4, 0.5) is 13.2 Å². The summed E-state index contributed by atoms with van der Waals surface area (Å²) in [6, 6.07) is 59.2. The smallest absolute Gasteiger partial charge is 0.406 e. The van der Waals surface area contributed by atoms with Crippen molar-refractivity contribution in [3.05, 3.63) is 221 Å². The van der Waals surface area contributed by atoms with Crippen LogP contribution in [0.25, 0.3) is 22.3 Å². The minimum absolute atomic E-state index is 0.258. The highest BCUT2D eigenvalue weighted by atomic mass is 19.4.